The molecule has 4 aliphatic heterocycles. The Morgan fingerprint density at radius 2 is 1.39 bits per heavy atom. The SMILES string of the molecule is C=C(NC(=O)c1csc(-c2nc3c(cc2O)-c2nc(cs2)C(=O)N[C@@H]([C@@H](C)O)C(=O)N/C(=C(\C)OC)c2nc(cs2)C(=O)N[C@@H]2c4nc(cs4)C(=O)N[C@@H](COC(=O)c4c5c6c(cccc6n4OC(=O)NCCOCCOCCOCCOCCOCCO)COC(=O)[C@@H](O[C@H]4C[C@](C)(O)[C@H](N(C)C)[C@H](C)O4)[C@H]2OC5)c2nc-3cs2)n1)C(N)=O. The number of allylic oxidation sites excluding steroid dienone is 1. The third-order valence-corrected chi connectivity index (χ3v) is 23.2. The van der Waals surface area contributed by atoms with Gasteiger partial charge in [-0.2, -0.15) is 4.73 Å². The van der Waals surface area contributed by atoms with Gasteiger partial charge in [-0.1, -0.05) is 18.7 Å². The van der Waals surface area contributed by atoms with Gasteiger partial charge in [-0.3, -0.25) is 28.8 Å². The zero-order chi connectivity index (χ0) is 84.9. The van der Waals surface area contributed by atoms with E-state index in [1.54, 1.807) is 45.0 Å². The third-order valence-electron chi connectivity index (χ3n) is 18.7. The van der Waals surface area contributed by atoms with E-state index in [-0.39, 0.29) is 163 Å². The summed E-state index contributed by atoms with van der Waals surface area (Å²) in [6.07, 6.45) is -9.04. The van der Waals surface area contributed by atoms with Crippen molar-refractivity contribution in [3.63, 3.8) is 0 Å². The molecule has 1 aromatic carbocycles. The number of methoxy groups -OCH3 is 1. The number of benzene rings is 1. The summed E-state index contributed by atoms with van der Waals surface area (Å²) < 4.78 is 66.7. The van der Waals surface area contributed by atoms with E-state index in [2.05, 4.69) is 53.4 Å². The van der Waals surface area contributed by atoms with E-state index < -0.39 is 151 Å². The van der Waals surface area contributed by atoms with Gasteiger partial charge in [0.2, 0.25) is 5.91 Å². The Bertz CT molecular complexity index is 5110. The van der Waals surface area contributed by atoms with Gasteiger partial charge in [0.1, 0.15) is 120 Å². The lowest BCUT2D eigenvalue weighted by atomic mass is 9.85. The van der Waals surface area contributed by atoms with Crippen molar-refractivity contribution in [1.82, 2.24) is 71.4 Å². The van der Waals surface area contributed by atoms with Crippen LogP contribution < -0.4 is 42.5 Å². The van der Waals surface area contributed by atoms with Crippen molar-refractivity contribution in [1.29, 1.82) is 0 Å². The number of pyridine rings is 1. The normalized spacial score (nSPS) is 21.8. The maximum absolute atomic E-state index is 15.8. The summed E-state index contributed by atoms with van der Waals surface area (Å²) in [5, 5.41) is 66.9. The largest absolute Gasteiger partial charge is 0.506 e. The fourth-order valence-electron chi connectivity index (χ4n) is 13.2. The molecule has 4 aliphatic rings. The van der Waals surface area contributed by atoms with Crippen LogP contribution in [-0.4, -0.2) is 269 Å². The molecule has 636 valence electrons. The number of carbonyl (C=O) groups is 9. The number of nitrogens with two attached hydrogens (primary N) is 1. The van der Waals surface area contributed by atoms with E-state index >= 15 is 19.2 Å². The van der Waals surface area contributed by atoms with Gasteiger partial charge in [0.15, 0.2) is 18.1 Å². The van der Waals surface area contributed by atoms with Crippen LogP contribution in [-0.2, 0) is 79.7 Å². The van der Waals surface area contributed by atoms with Gasteiger partial charge >= 0.3 is 18.0 Å². The molecular weight excluding hydrogens is 1660 g/mol. The van der Waals surface area contributed by atoms with Crippen LogP contribution in [0.5, 0.6) is 5.75 Å². The van der Waals surface area contributed by atoms with E-state index in [0.717, 1.165) is 61.4 Å². The van der Waals surface area contributed by atoms with E-state index in [4.69, 9.17) is 82.7 Å². The van der Waals surface area contributed by atoms with Crippen molar-refractivity contribution in [3.8, 4) is 38.4 Å². The quantitative estimate of drug-likeness (QED) is 0.0153. The number of aromatic hydroxyl groups is 1. The average Bonchev–Trinajstić information content (AvgIpc) is 1.61. The summed E-state index contributed by atoms with van der Waals surface area (Å²) in [5.74, 6) is -8.62. The molecule has 12 N–H and O–H groups in total. The van der Waals surface area contributed by atoms with Gasteiger partial charge in [0, 0.05) is 56.4 Å². The standard InChI is InChI=1S/C74H85N15O25S5/c1-34(60(75)93)77-61(94)43-31-118-69(82-43)54-48(92)24-39-53(84-54)42-29-116-67(79-42)41-28-111-71(99)56-40-27-109-57(55(70-83-44(32-119-70)62(95)78-41)87-64(97)46-33-117-68(81-46)52(36(3)103-8)86-65(98)51(35(2)91)85-63(96)45-30-115-66(39)80-45)58(113-49-25-74(5,102)59(88(6)7)37(4)112-49)72(100)110-26-38-10-9-11-47(50(38)40)89(56)114-73(101)76-12-14-104-16-18-106-20-22-108-23-21-107-19-17-105-15-13-90/h9-11,24,29-33,35,37,41,49,51,55,57-59,90-92,102H,1,12-23,25-28H2,2-8H3,(H2,75,93)(H,76,101)(H,77,94)(H,78,95)(H,85,96)(H,86,98)(H,87,97)/b52-36+/t35-,37+,41+,49+,51+,55+,57+,58+,59-,74+/m1/s1. The third kappa shape index (κ3) is 20.9. The molecule has 45 heteroatoms. The highest BCUT2D eigenvalue weighted by Gasteiger charge is 2.50. The van der Waals surface area contributed by atoms with Crippen molar-refractivity contribution < 1.29 is 121 Å². The number of primary amides is 1. The highest BCUT2D eigenvalue weighted by atomic mass is 32.1. The second-order valence-corrected chi connectivity index (χ2v) is 31.8. The minimum absolute atomic E-state index is 0.00204. The van der Waals surface area contributed by atoms with Gasteiger partial charge in [0.05, 0.1) is 121 Å². The number of cyclic esters (lactones) is 2. The van der Waals surface area contributed by atoms with Crippen molar-refractivity contribution >= 4 is 127 Å². The van der Waals surface area contributed by atoms with E-state index in [1.165, 1.54) is 60.0 Å². The number of esters is 2. The van der Waals surface area contributed by atoms with Crippen LogP contribution in [0.25, 0.3) is 49.3 Å². The Hall–Kier alpha value is -10.3. The molecule has 1 fully saturated rings. The Morgan fingerprint density at radius 3 is 2.07 bits per heavy atom. The van der Waals surface area contributed by atoms with Crippen LogP contribution in [0, 0.1) is 0 Å². The Labute approximate surface area is 697 Å². The van der Waals surface area contributed by atoms with Gasteiger partial charge < -0.3 is 120 Å². The summed E-state index contributed by atoms with van der Waals surface area (Å²) in [4.78, 5) is 167. The van der Waals surface area contributed by atoms with E-state index in [1.807, 2.05) is 0 Å². The van der Waals surface area contributed by atoms with Crippen LogP contribution >= 0.6 is 56.7 Å². The van der Waals surface area contributed by atoms with Crippen LogP contribution in [0.1, 0.15) is 125 Å². The number of nitrogens with zero attached hydrogens (tertiary/aromatic N) is 8. The minimum atomic E-state index is -2.00. The first kappa shape index (κ1) is 88.0. The predicted molar refractivity (Wildman–Crippen MR) is 424 cm³/mol. The van der Waals surface area contributed by atoms with Gasteiger partial charge in [-0.25, -0.2) is 44.3 Å². The van der Waals surface area contributed by atoms with Gasteiger partial charge in [0.25, 0.3) is 29.5 Å². The fourth-order valence-corrected chi connectivity index (χ4v) is 17.4. The van der Waals surface area contributed by atoms with Crippen LogP contribution in [0.15, 0.2) is 69.2 Å². The number of thiazole rings is 5. The first-order valence-electron chi connectivity index (χ1n) is 36.9. The Balaban J connectivity index is 0.971. The molecule has 8 aromatic rings. The van der Waals surface area contributed by atoms with Crippen LogP contribution in [0.2, 0.25) is 0 Å². The molecule has 0 aliphatic carbocycles. The van der Waals surface area contributed by atoms with E-state index in [9.17, 15) is 39.3 Å². The minimum Gasteiger partial charge on any atom is -0.506 e. The van der Waals surface area contributed by atoms with Crippen molar-refractivity contribution in [2.75, 3.05) is 107 Å². The lowest BCUT2D eigenvalue weighted by Crippen LogP contribution is -2.62. The Kier molecular flexibility index (Phi) is 29.4. The van der Waals surface area contributed by atoms with Gasteiger partial charge in [-0.05, 0) is 59.5 Å². The number of rotatable bonds is 27. The van der Waals surface area contributed by atoms with Crippen molar-refractivity contribution in [2.45, 2.75) is 108 Å². The number of fused-ring (bicyclic) bond motifs is 15. The molecule has 7 aromatic heterocycles. The number of hydrogen-bond donors (Lipinski definition) is 11. The fraction of sp³-hybridized carbons (Fsp3) is 0.446. The number of carbonyl (C=O) groups excluding carboxylic acids is 9. The van der Waals surface area contributed by atoms with Crippen LogP contribution in [0.4, 0.5) is 4.79 Å². The molecule has 40 nitrogen and oxygen atoms in total. The highest BCUT2D eigenvalue weighted by molar-refractivity contribution is 7.14. The lowest BCUT2D eigenvalue weighted by molar-refractivity contribution is -0.280. The van der Waals surface area contributed by atoms with Crippen molar-refractivity contribution in [2.24, 2.45) is 5.73 Å². The smallest absolute Gasteiger partial charge is 0.432 e. The monoisotopic (exact) mass is 1740 g/mol. The summed E-state index contributed by atoms with van der Waals surface area (Å²) in [7, 11) is 4.80. The number of nitrogens with one attached hydrogen (secondary N) is 6. The molecule has 1 saturated heterocycles. The molecule has 7 amide bonds. The molecule has 119 heavy (non-hydrogen) atoms. The van der Waals surface area contributed by atoms with Crippen LogP contribution in [0.3, 0.4) is 0 Å². The molecule has 0 unspecified atom stereocenters. The summed E-state index contributed by atoms with van der Waals surface area (Å²) in [5.41, 5.74) is 1.49. The van der Waals surface area contributed by atoms with Gasteiger partial charge in [-0.15, -0.1) is 56.7 Å². The molecule has 11 heterocycles. The molecular formula is C74H85N15O25S5. The maximum atomic E-state index is 15.8. The number of aliphatic hydroxyl groups excluding tert-OH is 2. The summed E-state index contributed by atoms with van der Waals surface area (Å²) >= 11 is 4.34. The number of aliphatic hydroxyl groups is 3. The van der Waals surface area contributed by atoms with E-state index in [0.29, 0.717) is 26.4 Å². The predicted octanol–water partition coefficient (Wildman–Crippen LogP) is 2.87. The number of ether oxygens (including phenoxy) is 11. The number of likely N-dealkylation sites (N-methyl/N-ethyl adjacent to an activating group) is 1. The molecule has 0 radical (unpaired) electrons. The summed E-state index contributed by atoms with van der Waals surface area (Å²) in [6, 6.07) is 0.336. The second kappa shape index (κ2) is 39.7. The maximum Gasteiger partial charge on any atom is 0.432 e. The molecule has 12 bridgehead atoms. The molecule has 0 spiro atoms. The second-order valence-electron chi connectivity index (χ2n) is 27.4. The molecule has 10 atom stereocenters. The number of aromatic nitrogens is 7. The Morgan fingerprint density at radius 1 is 0.773 bits per heavy atom. The zero-order valence-corrected chi connectivity index (χ0v) is 69.1. The van der Waals surface area contributed by atoms with Crippen molar-refractivity contribution in [3.05, 3.63) is 124 Å². The molecule has 0 saturated carbocycles. The summed E-state index contributed by atoms with van der Waals surface area (Å²) in [6.45, 7) is 9.51. The topological polar surface area (TPSA) is 529 Å². The number of amides is 7. The number of hydrogen-bond acceptors (Lipinski definition) is 37. The highest BCUT2D eigenvalue weighted by Crippen LogP contribution is 2.43. The first-order valence-corrected chi connectivity index (χ1v) is 41.3. The first-order chi connectivity index (χ1) is 57.1. The average molecular weight is 1740 g/mol. The lowest BCUT2D eigenvalue weighted by Gasteiger charge is -2.48. The zero-order valence-electron chi connectivity index (χ0n) is 65.0. The molecule has 12 rings (SSSR count).